The Hall–Kier alpha value is -2.00. The summed E-state index contributed by atoms with van der Waals surface area (Å²) in [5.41, 5.74) is 3.88. The predicted molar refractivity (Wildman–Crippen MR) is 69.4 cm³/mol. The Balaban J connectivity index is 1.70. The first-order valence-corrected chi connectivity index (χ1v) is 6.04. The van der Waals surface area contributed by atoms with Crippen LogP contribution in [-0.2, 0) is 19.7 Å². The maximum atomic E-state index is 9.35. The van der Waals surface area contributed by atoms with Gasteiger partial charge in [-0.2, -0.15) is 0 Å². The Morgan fingerprint density at radius 1 is 1.06 bits per heavy atom. The largest absolute Gasteiger partial charge is 0.508 e. The molecule has 3 heteroatoms. The van der Waals surface area contributed by atoms with Crippen molar-refractivity contribution in [2.75, 3.05) is 0 Å². The first-order valence-electron chi connectivity index (χ1n) is 6.04. The Kier molecular flexibility index (Phi) is 2.90. The van der Waals surface area contributed by atoms with Crippen LogP contribution in [0.25, 0.3) is 0 Å². The molecule has 92 valence electrons. The van der Waals surface area contributed by atoms with Gasteiger partial charge >= 0.3 is 0 Å². The molecule has 18 heavy (non-hydrogen) atoms. The quantitative estimate of drug-likeness (QED) is 0.867. The molecular weight excluding hydrogens is 226 g/mol. The van der Waals surface area contributed by atoms with E-state index in [0.29, 0.717) is 12.4 Å². The van der Waals surface area contributed by atoms with Crippen LogP contribution < -0.4 is 10.1 Å². The van der Waals surface area contributed by atoms with Crippen molar-refractivity contribution >= 4 is 0 Å². The van der Waals surface area contributed by atoms with Gasteiger partial charge in [0.1, 0.15) is 18.1 Å². The summed E-state index contributed by atoms with van der Waals surface area (Å²) in [4.78, 5) is 0. The number of aromatic hydroxyl groups is 1. The van der Waals surface area contributed by atoms with Gasteiger partial charge in [0.05, 0.1) is 0 Å². The molecule has 0 aliphatic carbocycles. The number of nitrogens with one attached hydrogen (secondary N) is 1. The van der Waals surface area contributed by atoms with Gasteiger partial charge in [-0.25, -0.2) is 0 Å². The molecule has 2 aromatic carbocycles. The average molecular weight is 241 g/mol. The van der Waals surface area contributed by atoms with Gasteiger partial charge in [0.25, 0.3) is 0 Å². The third-order valence-corrected chi connectivity index (χ3v) is 3.12. The molecule has 1 heterocycles. The van der Waals surface area contributed by atoms with Gasteiger partial charge in [-0.3, -0.25) is 0 Å². The molecular formula is C15H15NO2. The standard InChI is InChI=1S/C15H15NO2/c17-14-2-1-3-15(7-14)18-10-11-4-5-12-8-16-9-13(12)6-11/h1-7,16-17H,8-10H2. The molecule has 0 unspecified atom stereocenters. The average Bonchev–Trinajstić information content (AvgIpc) is 2.84. The number of phenolic OH excluding ortho intramolecular Hbond substituents is 1. The Labute approximate surface area is 106 Å². The van der Waals surface area contributed by atoms with Crippen molar-refractivity contribution < 1.29 is 9.84 Å². The smallest absolute Gasteiger partial charge is 0.123 e. The normalized spacial score (nSPS) is 13.3. The van der Waals surface area contributed by atoms with Crippen LogP contribution in [0.5, 0.6) is 11.5 Å². The number of hydrogen-bond donors (Lipinski definition) is 2. The van der Waals surface area contributed by atoms with E-state index in [1.165, 1.54) is 11.1 Å². The van der Waals surface area contributed by atoms with Crippen molar-refractivity contribution in [3.63, 3.8) is 0 Å². The van der Waals surface area contributed by atoms with Crippen molar-refractivity contribution in [3.8, 4) is 11.5 Å². The summed E-state index contributed by atoms with van der Waals surface area (Å²) in [6.07, 6.45) is 0. The Morgan fingerprint density at radius 2 is 1.94 bits per heavy atom. The van der Waals surface area contributed by atoms with E-state index in [4.69, 9.17) is 4.74 Å². The number of phenols is 1. The molecule has 0 aromatic heterocycles. The lowest BCUT2D eigenvalue weighted by Gasteiger charge is -2.08. The zero-order valence-electron chi connectivity index (χ0n) is 10.0. The molecule has 1 aliphatic heterocycles. The van der Waals surface area contributed by atoms with Crippen LogP contribution in [0.2, 0.25) is 0 Å². The number of rotatable bonds is 3. The molecule has 2 aromatic rings. The highest BCUT2D eigenvalue weighted by Gasteiger charge is 2.10. The topological polar surface area (TPSA) is 41.5 Å². The van der Waals surface area contributed by atoms with E-state index in [2.05, 4.69) is 23.5 Å². The fourth-order valence-electron chi connectivity index (χ4n) is 2.18. The fourth-order valence-corrected chi connectivity index (χ4v) is 2.18. The zero-order valence-corrected chi connectivity index (χ0v) is 10.0. The van der Waals surface area contributed by atoms with Gasteiger partial charge in [-0.1, -0.05) is 24.3 Å². The maximum Gasteiger partial charge on any atom is 0.123 e. The van der Waals surface area contributed by atoms with E-state index in [-0.39, 0.29) is 5.75 Å². The van der Waals surface area contributed by atoms with Crippen LogP contribution in [0.3, 0.4) is 0 Å². The van der Waals surface area contributed by atoms with E-state index in [9.17, 15) is 5.11 Å². The molecule has 0 saturated carbocycles. The summed E-state index contributed by atoms with van der Waals surface area (Å²) < 4.78 is 5.65. The third kappa shape index (κ3) is 2.31. The molecule has 0 fully saturated rings. The van der Waals surface area contributed by atoms with Crippen LogP contribution in [0.1, 0.15) is 16.7 Å². The van der Waals surface area contributed by atoms with E-state index < -0.39 is 0 Å². The van der Waals surface area contributed by atoms with Crippen LogP contribution >= 0.6 is 0 Å². The van der Waals surface area contributed by atoms with E-state index >= 15 is 0 Å². The summed E-state index contributed by atoms with van der Waals surface area (Å²) in [5.74, 6) is 0.916. The number of hydrogen-bond acceptors (Lipinski definition) is 3. The van der Waals surface area contributed by atoms with E-state index in [1.807, 2.05) is 6.07 Å². The minimum atomic E-state index is 0.227. The van der Waals surface area contributed by atoms with Gasteiger partial charge in [0, 0.05) is 19.2 Å². The lowest BCUT2D eigenvalue weighted by molar-refractivity contribution is 0.304. The molecule has 0 bridgehead atoms. The first kappa shape index (κ1) is 11.1. The highest BCUT2D eigenvalue weighted by molar-refractivity contribution is 5.35. The summed E-state index contributed by atoms with van der Waals surface area (Å²) >= 11 is 0. The van der Waals surface area contributed by atoms with Gasteiger partial charge in [0.15, 0.2) is 0 Å². The first-order chi connectivity index (χ1) is 8.81. The second-order valence-corrected chi connectivity index (χ2v) is 4.49. The molecule has 0 saturated heterocycles. The number of ether oxygens (including phenoxy) is 1. The van der Waals surface area contributed by atoms with Crippen molar-refractivity contribution in [2.24, 2.45) is 0 Å². The van der Waals surface area contributed by atoms with E-state index in [0.717, 1.165) is 18.7 Å². The zero-order chi connectivity index (χ0) is 12.4. The van der Waals surface area contributed by atoms with Crippen LogP contribution in [0, 0.1) is 0 Å². The summed E-state index contributed by atoms with van der Waals surface area (Å²) in [5, 5.41) is 12.7. The second kappa shape index (κ2) is 4.70. The van der Waals surface area contributed by atoms with Crippen LogP contribution in [0.4, 0.5) is 0 Å². The minimum absolute atomic E-state index is 0.227. The third-order valence-electron chi connectivity index (χ3n) is 3.12. The van der Waals surface area contributed by atoms with Crippen molar-refractivity contribution in [1.29, 1.82) is 0 Å². The van der Waals surface area contributed by atoms with Gasteiger partial charge in [-0.05, 0) is 28.8 Å². The highest BCUT2D eigenvalue weighted by atomic mass is 16.5. The minimum Gasteiger partial charge on any atom is -0.508 e. The Bertz CT molecular complexity index is 566. The number of fused-ring (bicyclic) bond motifs is 1. The molecule has 0 spiro atoms. The lowest BCUT2D eigenvalue weighted by atomic mass is 10.1. The van der Waals surface area contributed by atoms with Gasteiger partial charge in [-0.15, -0.1) is 0 Å². The van der Waals surface area contributed by atoms with Crippen molar-refractivity contribution in [1.82, 2.24) is 5.32 Å². The predicted octanol–water partition coefficient (Wildman–Crippen LogP) is 2.57. The molecule has 0 amide bonds. The maximum absolute atomic E-state index is 9.35. The summed E-state index contributed by atoms with van der Waals surface area (Å²) in [7, 11) is 0. The fraction of sp³-hybridized carbons (Fsp3) is 0.200. The highest BCUT2D eigenvalue weighted by Crippen LogP contribution is 2.21. The number of benzene rings is 2. The monoisotopic (exact) mass is 241 g/mol. The summed E-state index contributed by atoms with van der Waals surface area (Å²) in [6.45, 7) is 2.43. The van der Waals surface area contributed by atoms with E-state index in [1.54, 1.807) is 18.2 Å². The molecule has 3 nitrogen and oxygen atoms in total. The Morgan fingerprint density at radius 3 is 2.83 bits per heavy atom. The summed E-state index contributed by atoms with van der Waals surface area (Å²) in [6, 6.07) is 13.3. The molecule has 2 N–H and O–H groups in total. The molecule has 1 aliphatic rings. The SMILES string of the molecule is Oc1cccc(OCc2ccc3c(c2)CNC3)c1. The van der Waals surface area contributed by atoms with Crippen molar-refractivity contribution in [3.05, 3.63) is 59.2 Å². The molecule has 0 atom stereocenters. The van der Waals surface area contributed by atoms with Gasteiger partial charge in [0.2, 0.25) is 0 Å². The lowest BCUT2D eigenvalue weighted by Crippen LogP contribution is -2.00. The van der Waals surface area contributed by atoms with Crippen LogP contribution in [0.15, 0.2) is 42.5 Å². The second-order valence-electron chi connectivity index (χ2n) is 4.49. The van der Waals surface area contributed by atoms with Crippen molar-refractivity contribution in [2.45, 2.75) is 19.7 Å². The molecule has 3 rings (SSSR count). The van der Waals surface area contributed by atoms with Gasteiger partial charge < -0.3 is 15.2 Å². The van der Waals surface area contributed by atoms with Crippen LogP contribution in [-0.4, -0.2) is 5.11 Å². The molecule has 0 radical (unpaired) electrons.